The SMILES string of the molecule is CCCOOC(=O)C1CCCCC1.O=C([O-])C1CCCCC1.O=C([O-])C1CCCCC1.[Zr+2]. The van der Waals surface area contributed by atoms with E-state index in [9.17, 15) is 24.6 Å². The van der Waals surface area contributed by atoms with Crippen LogP contribution in [0.1, 0.15) is 110 Å². The van der Waals surface area contributed by atoms with Crippen LogP contribution in [0.5, 0.6) is 0 Å². The topological polar surface area (TPSA) is 116 Å². The maximum Gasteiger partial charge on any atom is 2.00 e. The van der Waals surface area contributed by atoms with Crippen LogP contribution >= 0.6 is 0 Å². The van der Waals surface area contributed by atoms with Crippen molar-refractivity contribution in [2.45, 2.75) is 110 Å². The number of aliphatic carboxylic acids is 2. The van der Waals surface area contributed by atoms with E-state index in [0.717, 1.165) is 83.5 Å². The largest absolute Gasteiger partial charge is 2.00 e. The smallest absolute Gasteiger partial charge is 0.550 e. The van der Waals surface area contributed by atoms with Gasteiger partial charge in [0, 0.05) is 11.9 Å². The second-order valence-corrected chi connectivity index (χ2v) is 8.87. The van der Waals surface area contributed by atoms with Crippen LogP contribution in [0.25, 0.3) is 0 Å². The predicted molar refractivity (Wildman–Crippen MR) is 112 cm³/mol. The third-order valence-corrected chi connectivity index (χ3v) is 6.24. The van der Waals surface area contributed by atoms with E-state index in [-0.39, 0.29) is 49.9 Å². The molecule has 0 aromatic rings. The zero-order valence-corrected chi connectivity index (χ0v) is 22.1. The van der Waals surface area contributed by atoms with Crippen molar-refractivity contribution >= 4 is 17.9 Å². The van der Waals surface area contributed by atoms with Gasteiger partial charge in [-0.1, -0.05) is 64.7 Å². The molecule has 0 aliphatic heterocycles. The van der Waals surface area contributed by atoms with Gasteiger partial charge in [-0.3, -0.25) is 4.89 Å². The number of carbonyl (C=O) groups is 3. The third kappa shape index (κ3) is 14.4. The first-order valence-electron chi connectivity index (χ1n) is 12.2. The molecular weight excluding hydrogens is 491 g/mol. The van der Waals surface area contributed by atoms with E-state index in [4.69, 9.17) is 4.89 Å². The standard InChI is InChI=1S/C10H18O3.2C7H12O2.Zr/c1-2-8-12-13-10(11)9-6-4-3-5-7-9;2*8-7(9)6-4-2-1-3-5-6;/h9H,2-8H2,1H3;2*6H,1-5H2,(H,8,9);/q;;;+2/p-2. The molecule has 0 unspecified atom stereocenters. The van der Waals surface area contributed by atoms with Gasteiger partial charge in [-0.2, -0.15) is 4.89 Å². The average Bonchev–Trinajstić information content (AvgIpc) is 2.82. The van der Waals surface area contributed by atoms with Gasteiger partial charge < -0.3 is 19.8 Å². The van der Waals surface area contributed by atoms with E-state index in [1.54, 1.807) is 0 Å². The van der Waals surface area contributed by atoms with Crippen LogP contribution in [-0.2, 0) is 50.4 Å². The van der Waals surface area contributed by atoms with Gasteiger partial charge >= 0.3 is 32.2 Å². The Morgan fingerprint density at radius 2 is 1.00 bits per heavy atom. The quantitative estimate of drug-likeness (QED) is 0.294. The zero-order valence-electron chi connectivity index (χ0n) is 19.6. The van der Waals surface area contributed by atoms with E-state index in [2.05, 4.69) is 4.89 Å². The Morgan fingerprint density at radius 1 is 0.656 bits per heavy atom. The fourth-order valence-corrected chi connectivity index (χ4v) is 4.27. The van der Waals surface area contributed by atoms with Crippen LogP contribution in [0.15, 0.2) is 0 Å². The van der Waals surface area contributed by atoms with Crippen molar-refractivity contribution in [1.29, 1.82) is 0 Å². The molecule has 0 aromatic heterocycles. The van der Waals surface area contributed by atoms with Gasteiger partial charge in [0.2, 0.25) is 0 Å². The number of hydrogen-bond donors (Lipinski definition) is 0. The van der Waals surface area contributed by atoms with Crippen LogP contribution in [0, 0.1) is 17.8 Å². The maximum absolute atomic E-state index is 11.3. The molecule has 0 N–H and O–H groups in total. The van der Waals surface area contributed by atoms with Crippen molar-refractivity contribution in [1.82, 2.24) is 0 Å². The molecule has 0 heterocycles. The summed E-state index contributed by atoms with van der Waals surface area (Å²) in [6, 6.07) is 0. The number of hydrogen-bond acceptors (Lipinski definition) is 7. The molecule has 8 heteroatoms. The Hall–Kier alpha value is -0.747. The Balaban J connectivity index is 0.000000455. The van der Waals surface area contributed by atoms with Crippen molar-refractivity contribution in [3.63, 3.8) is 0 Å². The summed E-state index contributed by atoms with van der Waals surface area (Å²) in [5.41, 5.74) is 0. The minimum atomic E-state index is -0.852. The Kier molecular flexibility index (Phi) is 19.2. The molecule has 3 aliphatic rings. The maximum atomic E-state index is 11.3. The molecule has 3 fully saturated rings. The van der Waals surface area contributed by atoms with Crippen LogP contribution in [0.4, 0.5) is 0 Å². The molecule has 3 aliphatic carbocycles. The summed E-state index contributed by atoms with van der Waals surface area (Å²) in [5.74, 6) is -2.07. The van der Waals surface area contributed by atoms with Gasteiger partial charge in [0.25, 0.3) is 0 Å². The first-order valence-corrected chi connectivity index (χ1v) is 12.2. The van der Waals surface area contributed by atoms with Gasteiger partial charge in [-0.05, 0) is 56.8 Å². The molecule has 0 atom stereocenters. The summed E-state index contributed by atoms with van der Waals surface area (Å²) in [6.45, 7) is 2.48. The number of carboxylic acids is 2. The molecule has 3 rings (SSSR count). The van der Waals surface area contributed by atoms with Crippen LogP contribution in [0.2, 0.25) is 0 Å². The van der Waals surface area contributed by atoms with Crippen LogP contribution in [0.3, 0.4) is 0 Å². The molecule has 0 saturated heterocycles. The molecule has 0 spiro atoms. The van der Waals surface area contributed by atoms with E-state index in [1.165, 1.54) is 19.3 Å². The normalized spacial score (nSPS) is 19.8. The van der Waals surface area contributed by atoms with Gasteiger partial charge in [0.15, 0.2) is 0 Å². The second kappa shape index (κ2) is 19.7. The van der Waals surface area contributed by atoms with Gasteiger partial charge in [-0.25, -0.2) is 4.79 Å². The van der Waals surface area contributed by atoms with E-state index in [0.29, 0.717) is 6.61 Å². The average molecular weight is 532 g/mol. The molecule has 32 heavy (non-hydrogen) atoms. The van der Waals surface area contributed by atoms with Gasteiger partial charge in [-0.15, -0.1) is 0 Å². The van der Waals surface area contributed by atoms with Crippen molar-refractivity contribution in [3.05, 3.63) is 0 Å². The summed E-state index contributed by atoms with van der Waals surface area (Å²) in [6.07, 6.45) is 16.4. The third-order valence-electron chi connectivity index (χ3n) is 6.24. The predicted octanol–water partition coefficient (Wildman–Crippen LogP) is 3.08. The fraction of sp³-hybridized carbons (Fsp3) is 0.875. The minimum absolute atomic E-state index is 0. The molecular formula is C24H40O7Zr. The number of carboxylic acid groups (broad SMARTS) is 2. The summed E-state index contributed by atoms with van der Waals surface area (Å²) in [4.78, 5) is 41.2. The monoisotopic (exact) mass is 530 g/mol. The van der Waals surface area contributed by atoms with Crippen molar-refractivity contribution < 1.29 is 60.6 Å². The minimum Gasteiger partial charge on any atom is -0.550 e. The molecule has 0 bridgehead atoms. The number of carbonyl (C=O) groups excluding carboxylic acids is 3. The van der Waals surface area contributed by atoms with Gasteiger partial charge in [0.05, 0.1) is 12.5 Å². The number of rotatable bonds is 6. The van der Waals surface area contributed by atoms with E-state index >= 15 is 0 Å². The van der Waals surface area contributed by atoms with Crippen molar-refractivity contribution in [2.75, 3.05) is 6.61 Å². The molecule has 182 valence electrons. The van der Waals surface area contributed by atoms with E-state index < -0.39 is 11.9 Å². The molecule has 0 amide bonds. The van der Waals surface area contributed by atoms with Gasteiger partial charge in [0.1, 0.15) is 0 Å². The second-order valence-electron chi connectivity index (χ2n) is 8.87. The van der Waals surface area contributed by atoms with Crippen LogP contribution < -0.4 is 10.2 Å². The molecule has 7 nitrogen and oxygen atoms in total. The first kappa shape index (κ1) is 31.3. The summed E-state index contributed by atoms with van der Waals surface area (Å²) >= 11 is 0. The fourth-order valence-electron chi connectivity index (χ4n) is 4.27. The Labute approximate surface area is 212 Å². The summed E-state index contributed by atoms with van der Waals surface area (Å²) < 4.78 is 0. The zero-order chi connectivity index (χ0) is 22.9. The van der Waals surface area contributed by atoms with Crippen molar-refractivity contribution in [3.8, 4) is 0 Å². The molecule has 0 radical (unpaired) electrons. The van der Waals surface area contributed by atoms with Crippen LogP contribution in [-0.4, -0.2) is 24.5 Å². The Morgan fingerprint density at radius 3 is 1.28 bits per heavy atom. The summed E-state index contributed by atoms with van der Waals surface area (Å²) in [5, 5.41) is 20.5. The Bertz CT molecular complexity index is 480. The first-order chi connectivity index (χ1) is 15.0. The molecule has 3 saturated carbocycles. The summed E-state index contributed by atoms with van der Waals surface area (Å²) in [7, 11) is 0. The van der Waals surface area contributed by atoms with E-state index in [1.807, 2.05) is 6.92 Å². The molecule has 0 aromatic carbocycles. The van der Waals surface area contributed by atoms with Crippen molar-refractivity contribution in [2.24, 2.45) is 17.8 Å².